The van der Waals surface area contributed by atoms with Gasteiger partial charge in [0.05, 0.1) is 6.07 Å². The first-order chi connectivity index (χ1) is 9.93. The summed E-state index contributed by atoms with van der Waals surface area (Å²) in [4.78, 5) is 35.0. The lowest BCUT2D eigenvalue weighted by molar-refractivity contribution is -0.138. The summed E-state index contributed by atoms with van der Waals surface area (Å²) in [5, 5.41) is 19.7. The van der Waals surface area contributed by atoms with Crippen molar-refractivity contribution in [3.05, 3.63) is 35.1 Å². The van der Waals surface area contributed by atoms with Crippen LogP contribution in [-0.4, -0.2) is 40.9 Å². The molecule has 0 aliphatic carbocycles. The molecule has 108 valence electrons. The third kappa shape index (κ3) is 2.81. The molecule has 0 saturated heterocycles. The summed E-state index contributed by atoms with van der Waals surface area (Å²) in [6, 6.07) is 4.20. The van der Waals surface area contributed by atoms with E-state index in [1.54, 1.807) is 0 Å². The van der Waals surface area contributed by atoms with Gasteiger partial charge in [-0.15, -0.1) is 0 Å². The van der Waals surface area contributed by atoms with Crippen molar-refractivity contribution in [2.24, 2.45) is 0 Å². The summed E-state index contributed by atoms with van der Waals surface area (Å²) >= 11 is 0. The summed E-state index contributed by atoms with van der Waals surface area (Å²) < 4.78 is 13.2. The van der Waals surface area contributed by atoms with E-state index < -0.39 is 42.7 Å². The third-order valence-electron chi connectivity index (χ3n) is 2.98. The summed E-state index contributed by atoms with van der Waals surface area (Å²) in [6.45, 7) is -1.06. The van der Waals surface area contributed by atoms with Crippen molar-refractivity contribution < 1.29 is 23.9 Å². The molecule has 0 bridgehead atoms. The van der Waals surface area contributed by atoms with Gasteiger partial charge in [0.15, 0.2) is 0 Å². The number of carbonyl (C=O) groups is 3. The fraction of sp³-hybridized carbons (Fsp3) is 0.231. The molecular weight excluding hydrogens is 281 g/mol. The zero-order valence-electron chi connectivity index (χ0n) is 10.7. The summed E-state index contributed by atoms with van der Waals surface area (Å²) in [5.41, 5.74) is 0.363. The SMILES string of the molecule is N#CC1c2cc(F)ccc2C(=O)N1CC(=O)NCC(=O)O. The second kappa shape index (κ2) is 5.58. The smallest absolute Gasteiger partial charge is 0.322 e. The molecule has 2 rings (SSSR count). The molecule has 8 heteroatoms. The van der Waals surface area contributed by atoms with Gasteiger partial charge in [-0.2, -0.15) is 5.26 Å². The maximum atomic E-state index is 13.2. The Morgan fingerprint density at radius 2 is 2.19 bits per heavy atom. The van der Waals surface area contributed by atoms with Crippen molar-refractivity contribution in [2.75, 3.05) is 13.1 Å². The van der Waals surface area contributed by atoms with E-state index in [-0.39, 0.29) is 11.1 Å². The largest absolute Gasteiger partial charge is 0.480 e. The van der Waals surface area contributed by atoms with Crippen molar-refractivity contribution in [1.29, 1.82) is 5.26 Å². The molecule has 0 fully saturated rings. The number of rotatable bonds is 4. The minimum Gasteiger partial charge on any atom is -0.480 e. The van der Waals surface area contributed by atoms with Gasteiger partial charge in [0.25, 0.3) is 5.91 Å². The predicted octanol–water partition coefficient (Wildman–Crippen LogP) is 0.0470. The molecule has 0 radical (unpaired) electrons. The first-order valence-corrected chi connectivity index (χ1v) is 5.92. The van der Waals surface area contributed by atoms with Crippen molar-refractivity contribution >= 4 is 17.8 Å². The minimum atomic E-state index is -1.22. The molecular formula is C13H10FN3O4. The molecule has 0 spiro atoms. The van der Waals surface area contributed by atoms with Crippen LogP contribution in [0.2, 0.25) is 0 Å². The Balaban J connectivity index is 2.19. The lowest BCUT2D eigenvalue weighted by Crippen LogP contribution is -2.40. The van der Waals surface area contributed by atoms with Crippen LogP contribution in [0.15, 0.2) is 18.2 Å². The number of carboxylic acid groups (broad SMARTS) is 1. The Bertz CT molecular complexity index is 668. The second-order valence-corrected chi connectivity index (χ2v) is 4.37. The number of nitriles is 1. The highest BCUT2D eigenvalue weighted by atomic mass is 19.1. The number of hydrogen-bond donors (Lipinski definition) is 2. The first kappa shape index (κ1) is 14.5. The number of halogens is 1. The zero-order chi connectivity index (χ0) is 15.6. The fourth-order valence-corrected chi connectivity index (χ4v) is 2.08. The van der Waals surface area contributed by atoms with Crippen molar-refractivity contribution in [3.63, 3.8) is 0 Å². The van der Waals surface area contributed by atoms with Crippen LogP contribution in [0.25, 0.3) is 0 Å². The molecule has 0 saturated carbocycles. The molecule has 2 N–H and O–H groups in total. The number of fused-ring (bicyclic) bond motifs is 1. The molecule has 7 nitrogen and oxygen atoms in total. The monoisotopic (exact) mass is 291 g/mol. The van der Waals surface area contributed by atoms with Crippen LogP contribution in [-0.2, 0) is 9.59 Å². The van der Waals surface area contributed by atoms with Gasteiger partial charge in [-0.05, 0) is 18.2 Å². The number of nitrogens with one attached hydrogen (secondary N) is 1. The molecule has 1 aliphatic rings. The van der Waals surface area contributed by atoms with Crippen LogP contribution in [0.4, 0.5) is 4.39 Å². The van der Waals surface area contributed by atoms with Gasteiger partial charge in [0, 0.05) is 11.1 Å². The Labute approximate surface area is 118 Å². The van der Waals surface area contributed by atoms with E-state index in [4.69, 9.17) is 10.4 Å². The molecule has 1 aliphatic heterocycles. The van der Waals surface area contributed by atoms with E-state index in [1.165, 1.54) is 6.07 Å². The molecule has 21 heavy (non-hydrogen) atoms. The average Bonchev–Trinajstić information content (AvgIpc) is 2.68. The number of nitrogens with zero attached hydrogens (tertiary/aromatic N) is 2. The lowest BCUT2D eigenvalue weighted by atomic mass is 10.1. The van der Waals surface area contributed by atoms with Crippen LogP contribution in [0.1, 0.15) is 22.0 Å². The normalized spacial score (nSPS) is 16.3. The topological polar surface area (TPSA) is 111 Å². The quantitative estimate of drug-likeness (QED) is 0.814. The van der Waals surface area contributed by atoms with Gasteiger partial charge in [-0.3, -0.25) is 14.4 Å². The lowest BCUT2D eigenvalue weighted by Gasteiger charge is -2.19. The van der Waals surface area contributed by atoms with Crippen LogP contribution >= 0.6 is 0 Å². The molecule has 0 aromatic heterocycles. The third-order valence-corrected chi connectivity index (χ3v) is 2.98. The van der Waals surface area contributed by atoms with Gasteiger partial charge >= 0.3 is 5.97 Å². The van der Waals surface area contributed by atoms with Crippen LogP contribution < -0.4 is 5.32 Å². The van der Waals surface area contributed by atoms with Gasteiger partial charge in [-0.1, -0.05) is 0 Å². The number of carbonyl (C=O) groups excluding carboxylic acids is 2. The van der Waals surface area contributed by atoms with E-state index in [1.807, 2.05) is 6.07 Å². The van der Waals surface area contributed by atoms with Crippen molar-refractivity contribution in [1.82, 2.24) is 10.2 Å². The van der Waals surface area contributed by atoms with Gasteiger partial charge in [-0.25, -0.2) is 4.39 Å². The minimum absolute atomic E-state index is 0.161. The highest BCUT2D eigenvalue weighted by molar-refractivity contribution is 6.01. The number of hydrogen-bond acceptors (Lipinski definition) is 4. The Morgan fingerprint density at radius 1 is 1.48 bits per heavy atom. The van der Waals surface area contributed by atoms with Crippen molar-refractivity contribution in [2.45, 2.75) is 6.04 Å². The van der Waals surface area contributed by atoms with E-state index in [0.29, 0.717) is 0 Å². The van der Waals surface area contributed by atoms with E-state index in [9.17, 15) is 18.8 Å². The summed E-state index contributed by atoms with van der Waals surface area (Å²) in [5.74, 6) is -3.08. The Hall–Kier alpha value is -2.95. The average molecular weight is 291 g/mol. The molecule has 1 unspecified atom stereocenters. The predicted molar refractivity (Wildman–Crippen MR) is 66.4 cm³/mol. The first-order valence-electron chi connectivity index (χ1n) is 5.92. The highest BCUT2D eigenvalue weighted by Crippen LogP contribution is 2.33. The number of benzene rings is 1. The van der Waals surface area contributed by atoms with E-state index in [0.717, 1.165) is 17.0 Å². The number of amides is 2. The van der Waals surface area contributed by atoms with Gasteiger partial charge in [0.2, 0.25) is 5.91 Å². The zero-order valence-corrected chi connectivity index (χ0v) is 10.7. The highest BCUT2D eigenvalue weighted by Gasteiger charge is 2.38. The van der Waals surface area contributed by atoms with E-state index in [2.05, 4.69) is 5.32 Å². The Kier molecular flexibility index (Phi) is 3.84. The standard InChI is InChI=1S/C13H10FN3O4/c14-7-1-2-8-9(3-7)10(4-15)17(13(8)21)6-11(18)16-5-12(19)20/h1-3,10H,5-6H2,(H,16,18)(H,19,20). The number of aliphatic carboxylic acids is 1. The summed E-state index contributed by atoms with van der Waals surface area (Å²) in [6.07, 6.45) is 0. The molecule has 1 heterocycles. The molecule has 1 atom stereocenters. The fourth-order valence-electron chi connectivity index (χ4n) is 2.08. The van der Waals surface area contributed by atoms with Gasteiger partial charge < -0.3 is 15.3 Å². The Morgan fingerprint density at radius 3 is 2.81 bits per heavy atom. The van der Waals surface area contributed by atoms with Crippen LogP contribution in [0.3, 0.4) is 0 Å². The van der Waals surface area contributed by atoms with Crippen LogP contribution in [0.5, 0.6) is 0 Å². The van der Waals surface area contributed by atoms with Crippen LogP contribution in [0, 0.1) is 17.1 Å². The molecule has 1 aromatic rings. The van der Waals surface area contributed by atoms with Crippen molar-refractivity contribution in [3.8, 4) is 6.07 Å². The summed E-state index contributed by atoms with van der Waals surface area (Å²) in [7, 11) is 0. The number of carboxylic acids is 1. The molecule has 1 aromatic carbocycles. The van der Waals surface area contributed by atoms with E-state index >= 15 is 0 Å². The second-order valence-electron chi connectivity index (χ2n) is 4.37. The van der Waals surface area contributed by atoms with Gasteiger partial charge in [0.1, 0.15) is 24.9 Å². The maximum Gasteiger partial charge on any atom is 0.322 e. The maximum absolute atomic E-state index is 13.2. The molecule has 2 amide bonds.